The zero-order valence-electron chi connectivity index (χ0n) is 15.1. The smallest absolute Gasteiger partial charge is 0.322 e. The minimum Gasteiger partial charge on any atom is -0.480 e. The molecule has 14 heteroatoms. The maximum absolute atomic E-state index is 12.5. The van der Waals surface area contributed by atoms with E-state index in [0.29, 0.717) is 6.42 Å². The lowest BCUT2D eigenvalue weighted by Crippen LogP contribution is -2.57. The number of hydrogen-bond acceptors (Lipinski definition) is 8. The van der Waals surface area contributed by atoms with Crippen molar-refractivity contribution in [2.24, 2.45) is 22.2 Å². The van der Waals surface area contributed by atoms with Gasteiger partial charge in [-0.25, -0.2) is 0 Å². The lowest BCUT2D eigenvalue weighted by molar-refractivity contribution is -0.138. The van der Waals surface area contributed by atoms with Gasteiger partial charge in [-0.05, 0) is 12.8 Å². The first-order valence-electron chi connectivity index (χ1n) is 8.25. The van der Waals surface area contributed by atoms with E-state index in [9.17, 15) is 19.2 Å². The molecule has 0 aromatic rings. The highest BCUT2D eigenvalue weighted by Crippen LogP contribution is 2.01. The number of carboxylic acids is 1. The fourth-order valence-electron chi connectivity index (χ4n) is 1.89. The van der Waals surface area contributed by atoms with Gasteiger partial charge >= 0.3 is 5.97 Å². The van der Waals surface area contributed by atoms with Gasteiger partial charge in [-0.2, -0.15) is 12.6 Å². The largest absolute Gasteiger partial charge is 0.480 e. The first kappa shape index (κ1) is 25.4. The summed E-state index contributed by atoms with van der Waals surface area (Å²) in [6.45, 7) is -1.04. The second-order valence-electron chi connectivity index (χ2n) is 5.65. The number of carbonyl (C=O) groups excluding carboxylic acids is 3. The summed E-state index contributed by atoms with van der Waals surface area (Å²) in [5.41, 5.74) is 15.9. The van der Waals surface area contributed by atoms with Crippen molar-refractivity contribution in [3.8, 4) is 0 Å². The van der Waals surface area contributed by atoms with Gasteiger partial charge in [-0.15, -0.1) is 0 Å². The standard InChI is InChI=1S/C14H27N7O6S/c15-7(5-22)11(25)20-8(2-1-3-18-14(16)17)13(27)21-9(6-28)12(26)19-4-10(23)24/h7-9,22,28H,1-6,15H2,(H,19,26)(H,20,25)(H,21,27)(H,23,24)(H4,16,17,18). The summed E-state index contributed by atoms with van der Waals surface area (Å²) < 4.78 is 0. The molecule has 28 heavy (non-hydrogen) atoms. The van der Waals surface area contributed by atoms with Gasteiger partial charge in [0.25, 0.3) is 0 Å². The molecule has 0 aliphatic heterocycles. The summed E-state index contributed by atoms with van der Waals surface area (Å²) in [6.07, 6.45) is 0.434. The van der Waals surface area contributed by atoms with Gasteiger partial charge in [0.2, 0.25) is 17.7 Å². The fourth-order valence-corrected chi connectivity index (χ4v) is 2.14. The molecule has 13 nitrogen and oxygen atoms in total. The molecule has 160 valence electrons. The lowest BCUT2D eigenvalue weighted by atomic mass is 10.1. The van der Waals surface area contributed by atoms with E-state index in [-0.39, 0.29) is 24.7 Å². The van der Waals surface area contributed by atoms with Crippen LogP contribution >= 0.6 is 12.6 Å². The Morgan fingerprint density at radius 1 is 1.04 bits per heavy atom. The SMILES string of the molecule is NC(N)=NCCCC(NC(=O)C(N)CO)C(=O)NC(CS)C(=O)NCC(=O)O. The molecule has 0 heterocycles. The van der Waals surface area contributed by atoms with Gasteiger partial charge in [-0.1, -0.05) is 0 Å². The summed E-state index contributed by atoms with van der Waals surface area (Å²) in [4.78, 5) is 50.6. The van der Waals surface area contributed by atoms with Crippen molar-refractivity contribution in [2.45, 2.75) is 31.0 Å². The number of rotatable bonds is 13. The van der Waals surface area contributed by atoms with Crippen LogP contribution in [0.4, 0.5) is 0 Å². The normalized spacial score (nSPS) is 13.5. The topological polar surface area (TPSA) is 235 Å². The molecule has 3 unspecified atom stereocenters. The molecule has 0 aliphatic rings. The van der Waals surface area contributed by atoms with E-state index < -0.39 is 55.0 Å². The highest BCUT2D eigenvalue weighted by Gasteiger charge is 2.27. The highest BCUT2D eigenvalue weighted by molar-refractivity contribution is 7.80. The average Bonchev–Trinajstić information content (AvgIpc) is 2.64. The Morgan fingerprint density at radius 2 is 1.64 bits per heavy atom. The average molecular weight is 421 g/mol. The molecule has 0 rings (SSSR count). The summed E-state index contributed by atoms with van der Waals surface area (Å²) >= 11 is 3.96. The number of aliphatic imine (C=N–C) groups is 1. The third-order valence-corrected chi connectivity index (χ3v) is 3.71. The predicted octanol–water partition coefficient (Wildman–Crippen LogP) is -4.54. The van der Waals surface area contributed by atoms with E-state index in [4.69, 9.17) is 27.4 Å². The van der Waals surface area contributed by atoms with Crippen molar-refractivity contribution >= 4 is 42.3 Å². The molecule has 0 bridgehead atoms. The van der Waals surface area contributed by atoms with E-state index in [0.717, 1.165) is 0 Å². The first-order chi connectivity index (χ1) is 13.1. The molecule has 0 aromatic carbocycles. The van der Waals surface area contributed by atoms with Crippen LogP contribution < -0.4 is 33.2 Å². The molecule has 0 fully saturated rings. The number of aliphatic carboxylic acids is 1. The number of thiol groups is 1. The quantitative estimate of drug-likeness (QED) is 0.0601. The number of amides is 3. The van der Waals surface area contributed by atoms with Crippen molar-refractivity contribution < 1.29 is 29.4 Å². The van der Waals surface area contributed by atoms with E-state index in [2.05, 4.69) is 33.6 Å². The minimum atomic E-state index is -1.25. The second kappa shape index (κ2) is 13.6. The molecule has 3 atom stereocenters. The van der Waals surface area contributed by atoms with Crippen LogP contribution in [0.5, 0.6) is 0 Å². The Balaban J connectivity index is 5.02. The molecular formula is C14H27N7O6S. The van der Waals surface area contributed by atoms with Gasteiger partial charge in [0.05, 0.1) is 6.61 Å². The van der Waals surface area contributed by atoms with Gasteiger partial charge < -0.3 is 43.4 Å². The Labute approximate surface area is 166 Å². The van der Waals surface area contributed by atoms with E-state index in [1.165, 1.54) is 0 Å². The number of carboxylic acid groups (broad SMARTS) is 1. The summed E-state index contributed by atoms with van der Waals surface area (Å²) in [5.74, 6) is -3.71. The molecule has 11 N–H and O–H groups in total. The molecule has 0 radical (unpaired) electrons. The van der Waals surface area contributed by atoms with E-state index in [1.807, 2.05) is 0 Å². The van der Waals surface area contributed by atoms with E-state index in [1.54, 1.807) is 0 Å². The monoisotopic (exact) mass is 421 g/mol. The maximum atomic E-state index is 12.5. The number of carbonyl (C=O) groups is 4. The second-order valence-corrected chi connectivity index (χ2v) is 6.02. The van der Waals surface area contributed by atoms with Crippen molar-refractivity contribution in [2.75, 3.05) is 25.4 Å². The molecule has 0 aliphatic carbocycles. The van der Waals surface area contributed by atoms with Crippen molar-refractivity contribution in [1.29, 1.82) is 0 Å². The molecule has 0 aromatic heterocycles. The molecule has 0 saturated heterocycles. The number of nitrogens with one attached hydrogen (secondary N) is 3. The lowest BCUT2D eigenvalue weighted by Gasteiger charge is -2.23. The van der Waals surface area contributed by atoms with Crippen LogP contribution in [-0.4, -0.2) is 83.4 Å². The number of aliphatic hydroxyl groups is 1. The number of nitrogens with two attached hydrogens (primary N) is 3. The summed E-state index contributed by atoms with van der Waals surface area (Å²) in [6, 6.07) is -3.44. The molecule has 0 saturated carbocycles. The zero-order valence-corrected chi connectivity index (χ0v) is 16.0. The van der Waals surface area contributed by atoms with Crippen molar-refractivity contribution in [1.82, 2.24) is 16.0 Å². The van der Waals surface area contributed by atoms with Crippen molar-refractivity contribution in [3.05, 3.63) is 0 Å². The number of nitrogens with zero attached hydrogens (tertiary/aromatic N) is 1. The number of hydrogen-bond donors (Lipinski definition) is 9. The van der Waals surface area contributed by atoms with Crippen LogP contribution in [0, 0.1) is 0 Å². The van der Waals surface area contributed by atoms with Crippen molar-refractivity contribution in [3.63, 3.8) is 0 Å². The first-order valence-corrected chi connectivity index (χ1v) is 8.88. The minimum absolute atomic E-state index is 0.109. The van der Waals surface area contributed by atoms with E-state index >= 15 is 0 Å². The zero-order chi connectivity index (χ0) is 21.7. The fraction of sp³-hybridized carbons (Fsp3) is 0.643. The van der Waals surface area contributed by atoms with Crippen LogP contribution in [-0.2, 0) is 19.2 Å². The molecular weight excluding hydrogens is 394 g/mol. The number of guanidine groups is 1. The van der Waals surface area contributed by atoms with Gasteiger partial charge in [0.15, 0.2) is 5.96 Å². The van der Waals surface area contributed by atoms with Gasteiger partial charge in [0.1, 0.15) is 24.7 Å². The van der Waals surface area contributed by atoms with Crippen LogP contribution in [0.1, 0.15) is 12.8 Å². The van der Waals surface area contributed by atoms with Crippen LogP contribution in [0.3, 0.4) is 0 Å². The highest BCUT2D eigenvalue weighted by atomic mass is 32.1. The van der Waals surface area contributed by atoms with Gasteiger partial charge in [0, 0.05) is 12.3 Å². The van der Waals surface area contributed by atoms with Gasteiger partial charge in [-0.3, -0.25) is 24.2 Å². The Kier molecular flexibility index (Phi) is 12.3. The van der Waals surface area contributed by atoms with Crippen LogP contribution in [0.2, 0.25) is 0 Å². The summed E-state index contributed by atoms with van der Waals surface area (Å²) in [7, 11) is 0. The third-order valence-electron chi connectivity index (χ3n) is 3.34. The van der Waals surface area contributed by atoms with Crippen LogP contribution in [0.15, 0.2) is 4.99 Å². The molecule has 3 amide bonds. The summed E-state index contributed by atoms with van der Waals surface area (Å²) in [5, 5.41) is 24.4. The Bertz CT molecular complexity index is 585. The Morgan fingerprint density at radius 3 is 2.14 bits per heavy atom. The number of aliphatic hydroxyl groups excluding tert-OH is 1. The third kappa shape index (κ3) is 10.5. The van der Waals surface area contributed by atoms with Crippen LogP contribution in [0.25, 0.3) is 0 Å². The predicted molar refractivity (Wildman–Crippen MR) is 103 cm³/mol. The Hall–Kier alpha value is -2.58. The molecule has 0 spiro atoms. The maximum Gasteiger partial charge on any atom is 0.322 e.